The average molecular weight is 436 g/mol. The fraction of sp³-hybridized carbons (Fsp3) is 0.316. The number of anilines is 1. The van der Waals surface area contributed by atoms with Crippen molar-refractivity contribution in [1.29, 1.82) is 0 Å². The predicted molar refractivity (Wildman–Crippen MR) is 109 cm³/mol. The summed E-state index contributed by atoms with van der Waals surface area (Å²) in [7, 11) is -3.61. The molecule has 0 radical (unpaired) electrons. The molecule has 1 heterocycles. The van der Waals surface area contributed by atoms with Gasteiger partial charge in [-0.1, -0.05) is 18.2 Å². The predicted octanol–water partition coefficient (Wildman–Crippen LogP) is 1.62. The molecule has 0 atom stereocenters. The molecule has 0 unspecified atom stereocenters. The summed E-state index contributed by atoms with van der Waals surface area (Å²) in [6, 6.07) is 11.5. The zero-order valence-corrected chi connectivity index (χ0v) is 16.8. The lowest BCUT2D eigenvalue weighted by molar-refractivity contribution is -0.384. The van der Waals surface area contributed by atoms with Crippen LogP contribution in [0.1, 0.15) is 10.4 Å². The topological polar surface area (TPSA) is 113 Å². The maximum atomic E-state index is 13.9. The number of benzene rings is 2. The highest BCUT2D eigenvalue weighted by atomic mass is 32.2. The Morgan fingerprint density at radius 3 is 2.47 bits per heavy atom. The first kappa shape index (κ1) is 21.7. The Bertz CT molecular complexity index is 1040. The van der Waals surface area contributed by atoms with Crippen LogP contribution in [0.15, 0.2) is 48.5 Å². The molecule has 3 rings (SSSR count). The third-order valence-electron chi connectivity index (χ3n) is 4.79. The molecule has 2 aromatic rings. The number of amides is 1. The van der Waals surface area contributed by atoms with Crippen molar-refractivity contribution in [2.45, 2.75) is 0 Å². The zero-order valence-electron chi connectivity index (χ0n) is 16.0. The molecule has 2 aromatic carbocycles. The van der Waals surface area contributed by atoms with Gasteiger partial charge in [-0.3, -0.25) is 14.9 Å². The van der Waals surface area contributed by atoms with Gasteiger partial charge in [0.25, 0.3) is 11.6 Å². The van der Waals surface area contributed by atoms with Crippen LogP contribution in [0.2, 0.25) is 0 Å². The van der Waals surface area contributed by atoms with Crippen LogP contribution in [0.25, 0.3) is 0 Å². The molecule has 11 heteroatoms. The van der Waals surface area contributed by atoms with Crippen molar-refractivity contribution in [2.24, 2.45) is 0 Å². The lowest BCUT2D eigenvalue weighted by Crippen LogP contribution is -2.50. The number of nitro benzene ring substituents is 1. The zero-order chi connectivity index (χ0) is 21.7. The average Bonchev–Trinajstić information content (AvgIpc) is 2.74. The molecule has 0 saturated carbocycles. The van der Waals surface area contributed by atoms with Gasteiger partial charge >= 0.3 is 0 Å². The Balaban J connectivity index is 1.51. The van der Waals surface area contributed by atoms with Gasteiger partial charge in [-0.15, -0.1) is 0 Å². The van der Waals surface area contributed by atoms with Gasteiger partial charge in [0.2, 0.25) is 10.0 Å². The third-order valence-corrected chi connectivity index (χ3v) is 6.66. The van der Waals surface area contributed by atoms with E-state index in [1.54, 1.807) is 23.1 Å². The Hall–Kier alpha value is -3.05. The first-order valence-corrected chi connectivity index (χ1v) is 10.9. The lowest BCUT2D eigenvalue weighted by Gasteiger charge is -2.35. The van der Waals surface area contributed by atoms with E-state index in [9.17, 15) is 27.7 Å². The normalized spacial score (nSPS) is 15.0. The molecule has 1 saturated heterocycles. The Morgan fingerprint density at radius 1 is 1.10 bits per heavy atom. The number of nitrogens with one attached hydrogen (secondary N) is 1. The van der Waals surface area contributed by atoms with Crippen molar-refractivity contribution >= 4 is 27.3 Å². The first-order valence-electron chi connectivity index (χ1n) is 9.28. The molecule has 0 aromatic heterocycles. The standard InChI is InChI=1S/C19H21FN4O5S/c20-17-6-1-2-7-18(17)22-9-11-23(12-10-22)30(28,29)13-8-21-19(25)15-4-3-5-16(14-15)24(26)27/h1-7,14H,8-13H2,(H,21,25). The number of halogens is 1. The van der Waals surface area contributed by atoms with Crippen molar-refractivity contribution in [3.63, 3.8) is 0 Å². The van der Waals surface area contributed by atoms with Crippen molar-refractivity contribution in [2.75, 3.05) is 43.4 Å². The van der Waals surface area contributed by atoms with Crippen molar-refractivity contribution in [3.05, 3.63) is 70.0 Å². The van der Waals surface area contributed by atoms with E-state index in [1.807, 2.05) is 0 Å². The SMILES string of the molecule is O=C(NCCS(=O)(=O)N1CCN(c2ccccc2F)CC1)c1cccc([N+](=O)[O-])c1. The molecular formula is C19H21FN4O5S. The van der Waals surface area contributed by atoms with Gasteiger partial charge in [-0.05, 0) is 18.2 Å². The number of rotatable bonds is 7. The van der Waals surface area contributed by atoms with Gasteiger partial charge in [-0.25, -0.2) is 12.8 Å². The van der Waals surface area contributed by atoms with Gasteiger partial charge in [0, 0.05) is 50.4 Å². The summed E-state index contributed by atoms with van der Waals surface area (Å²) in [4.78, 5) is 24.1. The quantitative estimate of drug-likeness (QED) is 0.521. The summed E-state index contributed by atoms with van der Waals surface area (Å²) >= 11 is 0. The molecule has 1 aliphatic heterocycles. The fourth-order valence-corrected chi connectivity index (χ4v) is 4.54. The smallest absolute Gasteiger partial charge is 0.270 e. The van der Waals surface area contributed by atoms with Crippen molar-refractivity contribution < 1.29 is 22.5 Å². The Labute approximate surface area is 173 Å². The van der Waals surface area contributed by atoms with E-state index in [1.165, 1.54) is 28.6 Å². The number of sulfonamides is 1. The van der Waals surface area contributed by atoms with Crippen LogP contribution in [-0.4, -0.2) is 62.0 Å². The number of nitro groups is 1. The van der Waals surface area contributed by atoms with E-state index >= 15 is 0 Å². The third kappa shape index (κ3) is 5.10. The van der Waals surface area contributed by atoms with Crippen LogP contribution in [0.3, 0.4) is 0 Å². The van der Waals surface area contributed by atoms with E-state index in [0.717, 1.165) is 6.07 Å². The lowest BCUT2D eigenvalue weighted by atomic mass is 10.2. The van der Waals surface area contributed by atoms with Crippen molar-refractivity contribution in [3.8, 4) is 0 Å². The summed E-state index contributed by atoms with van der Waals surface area (Å²) in [6.07, 6.45) is 0. The molecule has 1 amide bonds. The minimum atomic E-state index is -3.61. The van der Waals surface area contributed by atoms with E-state index in [4.69, 9.17) is 0 Å². The molecule has 1 fully saturated rings. The maximum absolute atomic E-state index is 13.9. The van der Waals surface area contributed by atoms with Gasteiger partial charge in [0.15, 0.2) is 0 Å². The Kier molecular flexibility index (Phi) is 6.63. The molecule has 0 bridgehead atoms. The van der Waals surface area contributed by atoms with Gasteiger partial charge in [-0.2, -0.15) is 4.31 Å². The number of hydrogen-bond acceptors (Lipinski definition) is 6. The minimum absolute atomic E-state index is 0.0834. The van der Waals surface area contributed by atoms with Crippen molar-refractivity contribution in [1.82, 2.24) is 9.62 Å². The first-order chi connectivity index (χ1) is 14.3. The molecule has 0 aliphatic carbocycles. The molecule has 1 N–H and O–H groups in total. The van der Waals surface area contributed by atoms with E-state index in [2.05, 4.69) is 5.32 Å². The molecule has 160 valence electrons. The van der Waals surface area contributed by atoms with Crippen LogP contribution < -0.4 is 10.2 Å². The van der Waals surface area contributed by atoms with Crippen LogP contribution in [0.4, 0.5) is 15.8 Å². The molecule has 1 aliphatic rings. The summed E-state index contributed by atoms with van der Waals surface area (Å²) in [6.45, 7) is 1.03. The van der Waals surface area contributed by atoms with Crippen LogP contribution in [-0.2, 0) is 10.0 Å². The fourth-order valence-electron chi connectivity index (χ4n) is 3.20. The molecular weight excluding hydrogens is 415 g/mol. The summed E-state index contributed by atoms with van der Waals surface area (Å²) < 4.78 is 40.3. The number of non-ortho nitro benzene ring substituents is 1. The minimum Gasteiger partial charge on any atom is -0.367 e. The highest BCUT2D eigenvalue weighted by Gasteiger charge is 2.27. The second kappa shape index (κ2) is 9.18. The molecule has 9 nitrogen and oxygen atoms in total. The highest BCUT2D eigenvalue weighted by Crippen LogP contribution is 2.21. The largest absolute Gasteiger partial charge is 0.367 e. The summed E-state index contributed by atoms with van der Waals surface area (Å²) in [5.41, 5.74) is 0.307. The second-order valence-corrected chi connectivity index (χ2v) is 8.81. The van der Waals surface area contributed by atoms with Gasteiger partial charge in [0.05, 0.1) is 16.4 Å². The molecule has 0 spiro atoms. The summed E-state index contributed by atoms with van der Waals surface area (Å²) in [5.74, 6) is -1.23. The van der Waals surface area contributed by atoms with Gasteiger partial charge in [0.1, 0.15) is 5.82 Å². The Morgan fingerprint density at radius 2 is 1.80 bits per heavy atom. The number of piperazine rings is 1. The summed E-state index contributed by atoms with van der Waals surface area (Å²) in [5, 5.41) is 13.3. The van der Waals surface area contributed by atoms with E-state index in [-0.39, 0.29) is 42.5 Å². The van der Waals surface area contributed by atoms with Crippen LogP contribution in [0, 0.1) is 15.9 Å². The number of carbonyl (C=O) groups excluding carboxylic acids is 1. The van der Waals surface area contributed by atoms with Gasteiger partial charge < -0.3 is 10.2 Å². The second-order valence-electron chi connectivity index (χ2n) is 6.72. The number of para-hydroxylation sites is 1. The van der Waals surface area contributed by atoms with Crippen LogP contribution >= 0.6 is 0 Å². The maximum Gasteiger partial charge on any atom is 0.270 e. The number of hydrogen-bond donors (Lipinski definition) is 1. The van der Waals surface area contributed by atoms with E-state index < -0.39 is 20.9 Å². The van der Waals surface area contributed by atoms with E-state index in [0.29, 0.717) is 18.8 Å². The number of carbonyl (C=O) groups is 1. The number of nitrogens with zero attached hydrogens (tertiary/aromatic N) is 3. The van der Waals surface area contributed by atoms with Crippen LogP contribution in [0.5, 0.6) is 0 Å². The molecule has 30 heavy (non-hydrogen) atoms. The highest BCUT2D eigenvalue weighted by molar-refractivity contribution is 7.89. The monoisotopic (exact) mass is 436 g/mol.